The normalized spacial score (nSPS) is 19.0. The van der Waals surface area contributed by atoms with Crippen LogP contribution in [0.5, 0.6) is 0 Å². The number of aromatic nitrogens is 1. The zero-order valence-electron chi connectivity index (χ0n) is 20.1. The number of hydrogen-bond donors (Lipinski definition) is 2. The molecule has 2 heterocycles. The molecule has 184 valence electrons. The molecular formula is C24H31N3O6S. The Hall–Kier alpha value is -2.98. The third kappa shape index (κ3) is 5.07. The van der Waals surface area contributed by atoms with Crippen LogP contribution in [-0.4, -0.2) is 54.6 Å². The largest absolute Gasteiger partial charge is 0.465 e. The van der Waals surface area contributed by atoms with Crippen molar-refractivity contribution >= 4 is 33.4 Å². The Kier molecular flexibility index (Phi) is 7.62. The van der Waals surface area contributed by atoms with Gasteiger partial charge in [0.05, 0.1) is 29.7 Å². The SMILES string of the molecule is COC(=O)c1c(CC(=O)Nc2ccc(S(=O)(=O)N3[C@H](C)CCC[C@@H]3C)cc2)[nH]c(C(C)=O)c1C. The van der Waals surface area contributed by atoms with Crippen LogP contribution in [0, 0.1) is 6.92 Å². The van der Waals surface area contributed by atoms with E-state index in [9.17, 15) is 22.8 Å². The number of ketones is 1. The number of anilines is 1. The maximum absolute atomic E-state index is 13.2. The fourth-order valence-corrected chi connectivity index (χ4v) is 6.47. The summed E-state index contributed by atoms with van der Waals surface area (Å²) in [6.45, 7) is 6.82. The van der Waals surface area contributed by atoms with Crippen LogP contribution in [-0.2, 0) is 26.0 Å². The van der Waals surface area contributed by atoms with Crippen LogP contribution in [0.3, 0.4) is 0 Å². The molecular weight excluding hydrogens is 458 g/mol. The number of nitrogens with one attached hydrogen (secondary N) is 2. The van der Waals surface area contributed by atoms with Gasteiger partial charge in [-0.2, -0.15) is 4.31 Å². The number of carbonyl (C=O) groups is 3. The number of piperidine rings is 1. The van der Waals surface area contributed by atoms with Crippen LogP contribution in [0.2, 0.25) is 0 Å². The lowest BCUT2D eigenvalue weighted by Gasteiger charge is -2.37. The lowest BCUT2D eigenvalue weighted by molar-refractivity contribution is -0.115. The number of methoxy groups -OCH3 is 1. The second-order valence-corrected chi connectivity index (χ2v) is 10.6. The molecule has 0 bridgehead atoms. The minimum absolute atomic E-state index is 0.0683. The van der Waals surface area contributed by atoms with E-state index in [1.165, 1.54) is 38.3 Å². The maximum atomic E-state index is 13.2. The number of amides is 1. The van der Waals surface area contributed by atoms with Crippen LogP contribution in [0.4, 0.5) is 5.69 Å². The Morgan fingerprint density at radius 3 is 2.24 bits per heavy atom. The van der Waals surface area contributed by atoms with Crippen molar-refractivity contribution in [1.82, 2.24) is 9.29 Å². The number of aromatic amines is 1. The molecule has 3 rings (SSSR count). The molecule has 0 unspecified atom stereocenters. The fraction of sp³-hybridized carbons (Fsp3) is 0.458. The maximum Gasteiger partial charge on any atom is 0.339 e. The summed E-state index contributed by atoms with van der Waals surface area (Å²) in [5.41, 5.74) is 1.53. The van der Waals surface area contributed by atoms with E-state index in [1.54, 1.807) is 11.2 Å². The molecule has 1 saturated heterocycles. The summed E-state index contributed by atoms with van der Waals surface area (Å²) in [5, 5.41) is 2.70. The Labute approximate surface area is 199 Å². The van der Waals surface area contributed by atoms with Gasteiger partial charge in [-0.3, -0.25) is 9.59 Å². The molecule has 10 heteroatoms. The summed E-state index contributed by atoms with van der Waals surface area (Å²) in [4.78, 5) is 39.7. The molecule has 1 aromatic carbocycles. The zero-order chi connectivity index (χ0) is 25.2. The van der Waals surface area contributed by atoms with E-state index in [-0.39, 0.29) is 46.1 Å². The van der Waals surface area contributed by atoms with Gasteiger partial charge in [-0.05, 0) is 63.4 Å². The third-order valence-corrected chi connectivity index (χ3v) is 8.38. The van der Waals surface area contributed by atoms with Crippen LogP contribution < -0.4 is 5.32 Å². The van der Waals surface area contributed by atoms with E-state index in [1.807, 2.05) is 13.8 Å². The predicted octanol–water partition coefficient (Wildman–Crippen LogP) is 3.45. The molecule has 1 aromatic heterocycles. The number of sulfonamides is 1. The average Bonchev–Trinajstić information content (AvgIpc) is 3.09. The molecule has 2 atom stereocenters. The second-order valence-electron chi connectivity index (χ2n) is 8.74. The summed E-state index contributed by atoms with van der Waals surface area (Å²) in [6, 6.07) is 5.89. The molecule has 0 saturated carbocycles. The van der Waals surface area contributed by atoms with Gasteiger partial charge in [-0.25, -0.2) is 13.2 Å². The van der Waals surface area contributed by atoms with E-state index >= 15 is 0 Å². The number of benzene rings is 1. The molecule has 1 aliphatic heterocycles. The molecule has 1 aliphatic rings. The first-order chi connectivity index (χ1) is 16.0. The van der Waals surface area contributed by atoms with Crippen molar-refractivity contribution < 1.29 is 27.5 Å². The molecule has 0 aliphatic carbocycles. The van der Waals surface area contributed by atoms with Crippen LogP contribution in [0.25, 0.3) is 0 Å². The standard InChI is InChI=1S/C24H31N3O6S/c1-14-7-6-8-15(2)27(14)34(31,32)19-11-9-18(10-12-19)25-21(29)13-20-22(24(30)33-5)16(3)23(26-20)17(4)28/h9-12,14-15,26H,6-8,13H2,1-5H3,(H,25,29)/t14-,15+. The van der Waals surface area contributed by atoms with Crippen molar-refractivity contribution in [2.45, 2.75) is 70.4 Å². The van der Waals surface area contributed by atoms with Crippen molar-refractivity contribution in [2.75, 3.05) is 12.4 Å². The van der Waals surface area contributed by atoms with E-state index in [0.717, 1.165) is 19.3 Å². The lowest BCUT2D eigenvalue weighted by atomic mass is 10.0. The highest BCUT2D eigenvalue weighted by Gasteiger charge is 2.35. The zero-order valence-corrected chi connectivity index (χ0v) is 20.9. The Morgan fingerprint density at radius 2 is 1.71 bits per heavy atom. The van der Waals surface area contributed by atoms with Crippen molar-refractivity contribution in [2.24, 2.45) is 0 Å². The molecule has 2 aromatic rings. The first-order valence-electron chi connectivity index (χ1n) is 11.2. The minimum Gasteiger partial charge on any atom is -0.465 e. The Balaban J connectivity index is 1.77. The fourth-order valence-electron chi connectivity index (χ4n) is 4.59. The van der Waals surface area contributed by atoms with Crippen molar-refractivity contribution in [3.8, 4) is 0 Å². The highest BCUT2D eigenvalue weighted by molar-refractivity contribution is 7.89. The summed E-state index contributed by atoms with van der Waals surface area (Å²) in [6.07, 6.45) is 2.47. The van der Waals surface area contributed by atoms with Crippen LogP contribution >= 0.6 is 0 Å². The van der Waals surface area contributed by atoms with Gasteiger partial charge >= 0.3 is 5.97 Å². The smallest absolute Gasteiger partial charge is 0.339 e. The molecule has 1 fully saturated rings. The van der Waals surface area contributed by atoms with E-state index in [4.69, 9.17) is 4.74 Å². The van der Waals surface area contributed by atoms with Gasteiger partial charge in [0.2, 0.25) is 15.9 Å². The number of H-pyrrole nitrogens is 1. The van der Waals surface area contributed by atoms with E-state index in [0.29, 0.717) is 11.3 Å². The minimum atomic E-state index is -3.65. The highest BCUT2D eigenvalue weighted by Crippen LogP contribution is 2.30. The molecule has 1 amide bonds. The second kappa shape index (κ2) is 10.1. The molecule has 2 N–H and O–H groups in total. The predicted molar refractivity (Wildman–Crippen MR) is 127 cm³/mol. The number of ether oxygens (including phenoxy) is 1. The Bertz CT molecular complexity index is 1190. The number of carbonyl (C=O) groups excluding carboxylic acids is 3. The first-order valence-corrected chi connectivity index (χ1v) is 12.7. The van der Waals surface area contributed by atoms with Crippen LogP contribution in [0.15, 0.2) is 29.2 Å². The lowest BCUT2D eigenvalue weighted by Crippen LogP contribution is -2.47. The van der Waals surface area contributed by atoms with Gasteiger partial charge in [-0.1, -0.05) is 6.42 Å². The van der Waals surface area contributed by atoms with E-state index in [2.05, 4.69) is 10.3 Å². The number of esters is 1. The highest BCUT2D eigenvalue weighted by atomic mass is 32.2. The topological polar surface area (TPSA) is 126 Å². The molecule has 34 heavy (non-hydrogen) atoms. The first kappa shape index (κ1) is 25.6. The number of rotatable bonds is 7. The molecule has 0 spiro atoms. The van der Waals surface area contributed by atoms with E-state index < -0.39 is 21.9 Å². The summed E-state index contributed by atoms with van der Waals surface area (Å²) >= 11 is 0. The van der Waals surface area contributed by atoms with Gasteiger partial charge in [-0.15, -0.1) is 0 Å². The number of Topliss-reactive ketones (excluding diaryl/α,β-unsaturated/α-hetero) is 1. The van der Waals surface area contributed by atoms with Gasteiger partial charge < -0.3 is 15.0 Å². The van der Waals surface area contributed by atoms with Crippen LogP contribution in [0.1, 0.15) is 72.1 Å². The van der Waals surface area contributed by atoms with Gasteiger partial charge in [0.1, 0.15) is 0 Å². The average molecular weight is 490 g/mol. The molecule has 0 radical (unpaired) electrons. The summed E-state index contributed by atoms with van der Waals surface area (Å²) in [7, 11) is -2.42. The third-order valence-electron chi connectivity index (χ3n) is 6.23. The number of hydrogen-bond acceptors (Lipinski definition) is 6. The van der Waals surface area contributed by atoms with Gasteiger partial charge in [0, 0.05) is 30.4 Å². The monoisotopic (exact) mass is 489 g/mol. The summed E-state index contributed by atoms with van der Waals surface area (Å²) < 4.78 is 32.7. The van der Waals surface area contributed by atoms with Crippen molar-refractivity contribution in [3.63, 3.8) is 0 Å². The van der Waals surface area contributed by atoms with Crippen molar-refractivity contribution in [1.29, 1.82) is 0 Å². The van der Waals surface area contributed by atoms with Gasteiger partial charge in [0.25, 0.3) is 0 Å². The van der Waals surface area contributed by atoms with Crippen molar-refractivity contribution in [3.05, 3.63) is 46.8 Å². The molecule has 9 nitrogen and oxygen atoms in total. The summed E-state index contributed by atoms with van der Waals surface area (Å²) in [5.74, 6) is -1.33. The van der Waals surface area contributed by atoms with Gasteiger partial charge in [0.15, 0.2) is 5.78 Å². The number of nitrogens with zero attached hydrogens (tertiary/aromatic N) is 1. The Morgan fingerprint density at radius 1 is 1.12 bits per heavy atom. The quantitative estimate of drug-likeness (QED) is 0.453.